The standard InChI is InChI=1S/C19H18N2O6/c1-25-12-6-4-11(5-7-12)10-21-15-9-16(26-2)13(19(24)27-3)8-14(15)20-17(22)18(21)23/h4-9H,10H2,1-3H3,(H,20,22). The van der Waals surface area contributed by atoms with Crippen molar-refractivity contribution in [1.29, 1.82) is 0 Å². The molecule has 0 radical (unpaired) electrons. The number of nitrogens with zero attached hydrogens (tertiary/aromatic N) is 1. The van der Waals surface area contributed by atoms with E-state index in [1.807, 2.05) is 0 Å². The fourth-order valence-electron chi connectivity index (χ4n) is 2.81. The summed E-state index contributed by atoms with van der Waals surface area (Å²) in [6, 6.07) is 10.1. The lowest BCUT2D eigenvalue weighted by atomic mass is 10.1. The van der Waals surface area contributed by atoms with Crippen LogP contribution >= 0.6 is 0 Å². The van der Waals surface area contributed by atoms with Crippen molar-refractivity contribution in [2.75, 3.05) is 21.3 Å². The highest BCUT2D eigenvalue weighted by Gasteiger charge is 2.17. The fraction of sp³-hybridized carbons (Fsp3) is 0.211. The van der Waals surface area contributed by atoms with E-state index in [4.69, 9.17) is 14.2 Å². The number of rotatable bonds is 5. The number of hydrogen-bond acceptors (Lipinski definition) is 6. The maximum absolute atomic E-state index is 12.4. The molecule has 0 aliphatic carbocycles. The molecule has 1 heterocycles. The van der Waals surface area contributed by atoms with Gasteiger partial charge in [-0.3, -0.25) is 14.2 Å². The second kappa shape index (κ2) is 7.36. The number of fused-ring (bicyclic) bond motifs is 1. The minimum atomic E-state index is -0.781. The van der Waals surface area contributed by atoms with Crippen molar-refractivity contribution in [3.05, 3.63) is 68.2 Å². The second-order valence-corrected chi connectivity index (χ2v) is 5.75. The Morgan fingerprint density at radius 2 is 1.74 bits per heavy atom. The fourth-order valence-corrected chi connectivity index (χ4v) is 2.81. The Labute approximate surface area is 153 Å². The molecule has 1 N–H and O–H groups in total. The molecule has 140 valence electrons. The Morgan fingerprint density at radius 3 is 2.33 bits per heavy atom. The summed E-state index contributed by atoms with van der Waals surface area (Å²) in [6.45, 7) is 0.171. The van der Waals surface area contributed by atoms with Crippen LogP contribution in [0, 0.1) is 0 Å². The van der Waals surface area contributed by atoms with Crippen LogP contribution in [-0.4, -0.2) is 36.8 Å². The van der Waals surface area contributed by atoms with Crippen LogP contribution in [0.15, 0.2) is 46.0 Å². The molecule has 3 aromatic rings. The number of carbonyl (C=O) groups excluding carboxylic acids is 1. The Kier molecular flexibility index (Phi) is 4.98. The van der Waals surface area contributed by atoms with Gasteiger partial charge < -0.3 is 19.2 Å². The first-order valence-electron chi connectivity index (χ1n) is 8.04. The minimum Gasteiger partial charge on any atom is -0.497 e. The van der Waals surface area contributed by atoms with E-state index in [-0.39, 0.29) is 17.9 Å². The number of aromatic amines is 1. The molecule has 0 bridgehead atoms. The minimum absolute atomic E-state index is 0.151. The lowest BCUT2D eigenvalue weighted by Crippen LogP contribution is -2.36. The van der Waals surface area contributed by atoms with Crippen molar-refractivity contribution < 1.29 is 19.0 Å². The molecule has 0 saturated carbocycles. The average Bonchev–Trinajstić information content (AvgIpc) is 2.70. The Balaban J connectivity index is 2.21. The first-order chi connectivity index (χ1) is 13.0. The van der Waals surface area contributed by atoms with E-state index in [1.54, 1.807) is 31.4 Å². The van der Waals surface area contributed by atoms with E-state index in [9.17, 15) is 14.4 Å². The van der Waals surface area contributed by atoms with E-state index in [0.29, 0.717) is 16.8 Å². The third kappa shape index (κ3) is 3.41. The number of esters is 1. The molecule has 0 aliphatic heterocycles. The molecule has 27 heavy (non-hydrogen) atoms. The number of nitrogens with one attached hydrogen (secondary N) is 1. The highest BCUT2D eigenvalue weighted by molar-refractivity contribution is 5.97. The Bertz CT molecular complexity index is 1110. The maximum Gasteiger partial charge on any atom is 0.341 e. The van der Waals surface area contributed by atoms with Crippen molar-refractivity contribution in [3.8, 4) is 11.5 Å². The van der Waals surface area contributed by atoms with Crippen LogP contribution in [-0.2, 0) is 11.3 Å². The van der Waals surface area contributed by atoms with Gasteiger partial charge in [0.05, 0.1) is 38.9 Å². The third-order valence-electron chi connectivity index (χ3n) is 4.20. The van der Waals surface area contributed by atoms with Gasteiger partial charge in [-0.1, -0.05) is 12.1 Å². The van der Waals surface area contributed by atoms with Crippen molar-refractivity contribution in [1.82, 2.24) is 9.55 Å². The van der Waals surface area contributed by atoms with Gasteiger partial charge in [-0.2, -0.15) is 0 Å². The topological polar surface area (TPSA) is 99.6 Å². The third-order valence-corrected chi connectivity index (χ3v) is 4.20. The lowest BCUT2D eigenvalue weighted by molar-refractivity contribution is 0.0597. The molecule has 0 fully saturated rings. The number of hydrogen-bond donors (Lipinski definition) is 1. The van der Waals surface area contributed by atoms with E-state index >= 15 is 0 Å². The number of ether oxygens (including phenoxy) is 3. The van der Waals surface area contributed by atoms with Crippen LogP contribution in [0.2, 0.25) is 0 Å². The number of methoxy groups -OCH3 is 3. The Hall–Kier alpha value is -3.55. The van der Waals surface area contributed by atoms with E-state index < -0.39 is 17.1 Å². The summed E-state index contributed by atoms with van der Waals surface area (Å²) in [5.74, 6) is 0.318. The van der Waals surface area contributed by atoms with E-state index in [0.717, 1.165) is 5.56 Å². The highest BCUT2D eigenvalue weighted by atomic mass is 16.5. The predicted molar refractivity (Wildman–Crippen MR) is 98.8 cm³/mol. The summed E-state index contributed by atoms with van der Waals surface area (Å²) in [7, 11) is 4.22. The van der Waals surface area contributed by atoms with Crippen molar-refractivity contribution in [3.63, 3.8) is 0 Å². The van der Waals surface area contributed by atoms with E-state index in [1.165, 1.54) is 30.9 Å². The summed E-state index contributed by atoms with van der Waals surface area (Å²) < 4.78 is 16.5. The number of H-pyrrole nitrogens is 1. The van der Waals surface area contributed by atoms with E-state index in [2.05, 4.69) is 4.98 Å². The average molecular weight is 370 g/mol. The second-order valence-electron chi connectivity index (χ2n) is 5.75. The predicted octanol–water partition coefficient (Wildman–Crippen LogP) is 1.54. The van der Waals surface area contributed by atoms with Gasteiger partial charge in [-0.25, -0.2) is 4.79 Å². The largest absolute Gasteiger partial charge is 0.497 e. The number of carbonyl (C=O) groups is 1. The molecule has 0 atom stereocenters. The van der Waals surface area contributed by atoms with Gasteiger partial charge in [0.25, 0.3) is 0 Å². The summed E-state index contributed by atoms with van der Waals surface area (Å²) >= 11 is 0. The zero-order chi connectivity index (χ0) is 19.6. The molecule has 0 amide bonds. The first kappa shape index (κ1) is 18.2. The zero-order valence-corrected chi connectivity index (χ0v) is 15.1. The molecule has 2 aromatic carbocycles. The number of benzene rings is 2. The lowest BCUT2D eigenvalue weighted by Gasteiger charge is -2.13. The molecule has 1 aromatic heterocycles. The van der Waals surface area contributed by atoms with Crippen LogP contribution in [0.4, 0.5) is 0 Å². The van der Waals surface area contributed by atoms with Crippen molar-refractivity contribution in [2.45, 2.75) is 6.54 Å². The normalized spacial score (nSPS) is 10.6. The van der Waals surface area contributed by atoms with Gasteiger partial charge in [-0.05, 0) is 23.8 Å². The molecule has 8 nitrogen and oxygen atoms in total. The van der Waals surface area contributed by atoms with Crippen LogP contribution in [0.5, 0.6) is 11.5 Å². The van der Waals surface area contributed by atoms with Crippen molar-refractivity contribution >= 4 is 17.0 Å². The van der Waals surface area contributed by atoms with Gasteiger partial charge in [0.1, 0.15) is 17.1 Å². The SMILES string of the molecule is COC(=O)c1cc2[nH]c(=O)c(=O)n(Cc3ccc(OC)cc3)c2cc1OC. The molecule has 3 rings (SSSR count). The quantitative estimate of drug-likeness (QED) is 0.540. The van der Waals surface area contributed by atoms with Crippen LogP contribution in [0.3, 0.4) is 0 Å². The maximum atomic E-state index is 12.4. The zero-order valence-electron chi connectivity index (χ0n) is 15.1. The summed E-state index contributed by atoms with van der Waals surface area (Å²) in [5, 5.41) is 0. The van der Waals surface area contributed by atoms with Gasteiger partial charge in [-0.15, -0.1) is 0 Å². The molecule has 0 unspecified atom stereocenters. The number of aromatic nitrogens is 2. The van der Waals surface area contributed by atoms with Crippen LogP contribution in [0.1, 0.15) is 15.9 Å². The molecular formula is C19H18N2O6. The van der Waals surface area contributed by atoms with Crippen molar-refractivity contribution in [2.24, 2.45) is 0 Å². The summed E-state index contributed by atoms with van der Waals surface area (Å²) in [4.78, 5) is 39.0. The molecule has 0 spiro atoms. The monoisotopic (exact) mass is 370 g/mol. The van der Waals surface area contributed by atoms with Gasteiger partial charge in [0.15, 0.2) is 0 Å². The molecule has 0 saturated heterocycles. The molecular weight excluding hydrogens is 352 g/mol. The summed E-state index contributed by atoms with van der Waals surface area (Å²) in [6.07, 6.45) is 0. The van der Waals surface area contributed by atoms with Gasteiger partial charge >= 0.3 is 17.1 Å². The Morgan fingerprint density at radius 1 is 1.04 bits per heavy atom. The van der Waals surface area contributed by atoms with Crippen LogP contribution in [0.25, 0.3) is 11.0 Å². The smallest absolute Gasteiger partial charge is 0.341 e. The summed E-state index contributed by atoms with van der Waals surface area (Å²) in [5.41, 5.74) is 0.232. The first-order valence-corrected chi connectivity index (χ1v) is 8.04. The van der Waals surface area contributed by atoms with Gasteiger partial charge in [0, 0.05) is 6.07 Å². The molecule has 8 heteroatoms. The van der Waals surface area contributed by atoms with Gasteiger partial charge in [0.2, 0.25) is 0 Å². The highest BCUT2D eigenvalue weighted by Crippen LogP contribution is 2.25. The molecule has 0 aliphatic rings. The van der Waals surface area contributed by atoms with Crippen LogP contribution < -0.4 is 20.6 Å².